The maximum absolute atomic E-state index is 12.9. The molecule has 0 aromatic carbocycles. The molecule has 33 heavy (non-hydrogen) atoms. The van der Waals surface area contributed by atoms with Gasteiger partial charge in [-0.15, -0.1) is 0 Å². The third-order valence-corrected chi connectivity index (χ3v) is 5.19. The van der Waals surface area contributed by atoms with E-state index in [1.54, 1.807) is 13.8 Å². The molecular weight excluding hydrogens is 456 g/mol. The van der Waals surface area contributed by atoms with Crippen molar-refractivity contribution in [2.75, 3.05) is 12.0 Å². The van der Waals surface area contributed by atoms with Crippen LogP contribution in [-0.2, 0) is 28.8 Å². The molecule has 0 aromatic rings. The number of hydrogen-bond acceptors (Lipinski definition) is 8. The van der Waals surface area contributed by atoms with Crippen LogP contribution in [0.3, 0.4) is 0 Å². The molecule has 0 radical (unpaired) electrons. The van der Waals surface area contributed by atoms with Crippen molar-refractivity contribution in [1.29, 1.82) is 0 Å². The Morgan fingerprint density at radius 1 is 0.848 bits per heavy atom. The molecule has 0 saturated heterocycles. The van der Waals surface area contributed by atoms with Crippen molar-refractivity contribution in [3.05, 3.63) is 0 Å². The maximum atomic E-state index is 12.9. The van der Waals surface area contributed by atoms with Crippen LogP contribution in [-0.4, -0.2) is 76.8 Å². The molecule has 4 atom stereocenters. The number of carbonyl (C=O) groups excluding carboxylic acids is 5. The lowest BCUT2D eigenvalue weighted by Gasteiger charge is -2.27. The Morgan fingerprint density at radius 2 is 1.42 bits per heavy atom. The first-order valence-electron chi connectivity index (χ1n) is 10.2. The summed E-state index contributed by atoms with van der Waals surface area (Å²) in [4.78, 5) is 71.1. The lowest BCUT2D eigenvalue weighted by atomic mass is 10.0. The molecule has 0 bridgehead atoms. The summed E-state index contributed by atoms with van der Waals surface area (Å²) in [5.74, 6) is -5.08. The van der Waals surface area contributed by atoms with E-state index < -0.39 is 72.0 Å². The Kier molecular flexibility index (Phi) is 13.7. The van der Waals surface area contributed by atoms with E-state index in [-0.39, 0.29) is 19.3 Å². The number of primary amides is 2. The molecule has 0 aliphatic carbocycles. The third-order valence-electron chi connectivity index (χ3n) is 4.55. The highest BCUT2D eigenvalue weighted by atomic mass is 32.2. The first-order valence-corrected chi connectivity index (χ1v) is 11.6. The summed E-state index contributed by atoms with van der Waals surface area (Å²) in [6, 6.07) is -4.79. The normalized spacial score (nSPS) is 14.5. The van der Waals surface area contributed by atoms with Crippen molar-refractivity contribution in [1.82, 2.24) is 16.0 Å². The molecule has 0 aliphatic heterocycles. The van der Waals surface area contributed by atoms with Crippen LogP contribution in [0, 0.1) is 5.92 Å². The van der Waals surface area contributed by atoms with Crippen LogP contribution in [0.1, 0.15) is 39.5 Å². The van der Waals surface area contributed by atoms with E-state index in [1.165, 1.54) is 11.8 Å². The van der Waals surface area contributed by atoms with Gasteiger partial charge in [0, 0.05) is 6.42 Å². The van der Waals surface area contributed by atoms with Gasteiger partial charge in [-0.2, -0.15) is 11.8 Å². The molecule has 10 N–H and O–H groups in total. The van der Waals surface area contributed by atoms with Crippen molar-refractivity contribution < 1.29 is 33.9 Å². The van der Waals surface area contributed by atoms with Crippen LogP contribution in [0.2, 0.25) is 0 Å². The lowest BCUT2D eigenvalue weighted by Crippen LogP contribution is -2.58. The Bertz CT molecular complexity index is 733. The van der Waals surface area contributed by atoms with Crippen molar-refractivity contribution in [3.8, 4) is 0 Å². The first kappa shape index (κ1) is 30.1. The van der Waals surface area contributed by atoms with Crippen molar-refractivity contribution in [2.24, 2.45) is 23.1 Å². The topological polar surface area (TPSA) is 237 Å². The van der Waals surface area contributed by atoms with Gasteiger partial charge in [0.2, 0.25) is 29.5 Å². The Hall–Kier alpha value is -2.87. The number of carboxylic acid groups (broad SMARTS) is 1. The maximum Gasteiger partial charge on any atom is 0.326 e. The zero-order valence-corrected chi connectivity index (χ0v) is 19.8. The van der Waals surface area contributed by atoms with Gasteiger partial charge >= 0.3 is 5.97 Å². The number of aliphatic carboxylic acids is 1. The van der Waals surface area contributed by atoms with Gasteiger partial charge in [-0.3, -0.25) is 24.0 Å². The Labute approximate surface area is 196 Å². The predicted molar refractivity (Wildman–Crippen MR) is 121 cm³/mol. The van der Waals surface area contributed by atoms with Crippen molar-refractivity contribution in [2.45, 2.75) is 63.7 Å². The second-order valence-electron chi connectivity index (χ2n) is 7.75. The molecule has 0 heterocycles. The highest BCUT2D eigenvalue weighted by Gasteiger charge is 2.32. The fourth-order valence-electron chi connectivity index (χ4n) is 2.66. The number of nitrogens with two attached hydrogens (primary N) is 3. The summed E-state index contributed by atoms with van der Waals surface area (Å²) in [6.45, 7) is 3.26. The summed E-state index contributed by atoms with van der Waals surface area (Å²) >= 11 is 1.43. The standard InChI is InChI=1S/C19H34N6O7S/c1-9(2)15(18(30)24-12(19(31)32)8-14(22)27)25-17(29)11(6-7-33-3)23-16(28)10(20)4-5-13(21)26/h9-12,15H,4-8,20H2,1-3H3,(H2,21,26)(H2,22,27)(H,23,28)(H,24,30)(H,25,29)(H,31,32). The lowest BCUT2D eigenvalue weighted by molar-refractivity contribution is -0.144. The zero-order valence-electron chi connectivity index (χ0n) is 19.0. The average Bonchev–Trinajstić information content (AvgIpc) is 2.71. The van der Waals surface area contributed by atoms with Crippen LogP contribution in [0.15, 0.2) is 0 Å². The summed E-state index contributed by atoms with van der Waals surface area (Å²) < 4.78 is 0. The number of amides is 5. The van der Waals surface area contributed by atoms with E-state index in [1.807, 2.05) is 6.26 Å². The summed E-state index contributed by atoms with van der Waals surface area (Å²) in [7, 11) is 0. The molecule has 0 aromatic heterocycles. The fraction of sp³-hybridized carbons (Fsp3) is 0.684. The number of nitrogens with one attached hydrogen (secondary N) is 3. The monoisotopic (exact) mass is 490 g/mol. The number of hydrogen-bond donors (Lipinski definition) is 7. The minimum absolute atomic E-state index is 0.00545. The molecule has 4 unspecified atom stereocenters. The van der Waals surface area contributed by atoms with Gasteiger partial charge in [0.1, 0.15) is 18.1 Å². The van der Waals surface area contributed by atoms with E-state index in [9.17, 15) is 33.9 Å². The molecule has 14 heteroatoms. The average molecular weight is 491 g/mol. The van der Waals surface area contributed by atoms with Gasteiger partial charge in [0.25, 0.3) is 0 Å². The third kappa shape index (κ3) is 12.1. The molecule has 0 rings (SSSR count). The molecule has 0 aliphatic rings. The van der Waals surface area contributed by atoms with Crippen LogP contribution in [0.4, 0.5) is 0 Å². The second kappa shape index (κ2) is 15.1. The molecule has 188 valence electrons. The van der Waals surface area contributed by atoms with Crippen LogP contribution < -0.4 is 33.2 Å². The van der Waals surface area contributed by atoms with Crippen LogP contribution >= 0.6 is 11.8 Å². The van der Waals surface area contributed by atoms with Gasteiger partial charge in [-0.05, 0) is 30.8 Å². The minimum Gasteiger partial charge on any atom is -0.480 e. The molecule has 5 amide bonds. The van der Waals surface area contributed by atoms with E-state index in [4.69, 9.17) is 17.2 Å². The SMILES string of the molecule is CSCCC(NC(=O)C(N)CCC(N)=O)C(=O)NC(C(=O)NC(CC(N)=O)C(=O)O)C(C)C. The molecule has 0 spiro atoms. The second-order valence-corrected chi connectivity index (χ2v) is 8.74. The van der Waals surface area contributed by atoms with Crippen LogP contribution in [0.25, 0.3) is 0 Å². The number of carbonyl (C=O) groups is 6. The molecule has 0 saturated carbocycles. The molecule has 0 fully saturated rings. The molecule has 13 nitrogen and oxygen atoms in total. The number of thioether (sulfide) groups is 1. The summed E-state index contributed by atoms with van der Waals surface area (Å²) in [6.07, 6.45) is 1.33. The van der Waals surface area contributed by atoms with Gasteiger partial charge in [-0.25, -0.2) is 4.79 Å². The van der Waals surface area contributed by atoms with E-state index in [0.717, 1.165) is 0 Å². The van der Waals surface area contributed by atoms with Gasteiger partial charge in [0.15, 0.2) is 0 Å². The minimum atomic E-state index is -1.55. The van der Waals surface area contributed by atoms with Gasteiger partial charge in [0.05, 0.1) is 12.5 Å². The van der Waals surface area contributed by atoms with Gasteiger partial charge in [-0.1, -0.05) is 13.8 Å². The van der Waals surface area contributed by atoms with Gasteiger partial charge < -0.3 is 38.3 Å². The smallest absolute Gasteiger partial charge is 0.326 e. The number of rotatable bonds is 16. The van der Waals surface area contributed by atoms with E-state index >= 15 is 0 Å². The summed E-state index contributed by atoms with van der Waals surface area (Å²) in [5.41, 5.74) is 15.8. The Morgan fingerprint density at radius 3 is 1.88 bits per heavy atom. The summed E-state index contributed by atoms with van der Waals surface area (Å²) in [5, 5.41) is 16.4. The first-order chi connectivity index (χ1) is 15.3. The quantitative estimate of drug-likeness (QED) is 0.120. The number of carboxylic acids is 1. The Balaban J connectivity index is 5.37. The zero-order chi connectivity index (χ0) is 25.7. The van der Waals surface area contributed by atoms with Crippen molar-refractivity contribution in [3.63, 3.8) is 0 Å². The van der Waals surface area contributed by atoms with E-state index in [0.29, 0.717) is 5.75 Å². The highest BCUT2D eigenvalue weighted by Crippen LogP contribution is 2.07. The highest BCUT2D eigenvalue weighted by molar-refractivity contribution is 7.98. The fourth-order valence-corrected chi connectivity index (χ4v) is 3.14. The predicted octanol–water partition coefficient (Wildman–Crippen LogP) is -2.60. The van der Waals surface area contributed by atoms with Crippen LogP contribution in [0.5, 0.6) is 0 Å². The molecular formula is C19H34N6O7S. The largest absolute Gasteiger partial charge is 0.480 e. The van der Waals surface area contributed by atoms with E-state index in [2.05, 4.69) is 16.0 Å². The van der Waals surface area contributed by atoms with Crippen molar-refractivity contribution >= 4 is 47.3 Å².